The minimum Gasteiger partial charge on any atom is -0.145 e. The third kappa shape index (κ3) is 7.65. The molecule has 7 rings (SSSR count). The zero-order valence-electron chi connectivity index (χ0n) is 38.5. The van der Waals surface area contributed by atoms with Gasteiger partial charge in [0, 0.05) is 36.6 Å². The number of thiophene rings is 2. The summed E-state index contributed by atoms with van der Waals surface area (Å²) in [4.78, 5) is 5.68. The largest absolute Gasteiger partial charge is 0.146 e. The second-order valence-corrected chi connectivity index (χ2v) is 33.3. The topological polar surface area (TPSA) is 0 Å². The lowest BCUT2D eigenvalue weighted by molar-refractivity contribution is 0.804. The Morgan fingerprint density at radius 2 is 1.20 bits per heavy atom. The maximum atomic E-state index is 4.19. The molecule has 2 aromatic carbocycles. The fraction of sp³-hybridized carbons (Fsp3) is 0.455. The molecular formula is C55H68S2Si2. The minimum atomic E-state index is -1.99. The highest BCUT2D eigenvalue weighted by atomic mass is 32.1. The van der Waals surface area contributed by atoms with Crippen LogP contribution < -0.4 is 10.4 Å². The average Bonchev–Trinajstić information content (AvgIpc) is 3.97. The van der Waals surface area contributed by atoms with Crippen molar-refractivity contribution < 1.29 is 0 Å². The number of benzene rings is 2. The van der Waals surface area contributed by atoms with Gasteiger partial charge in [-0.15, -0.1) is 33.8 Å². The Hall–Kier alpha value is -3.39. The zero-order chi connectivity index (χ0) is 42.6. The first-order valence-corrected chi connectivity index (χ1v) is 28.9. The van der Waals surface area contributed by atoms with Crippen molar-refractivity contribution in [3.63, 3.8) is 0 Å². The van der Waals surface area contributed by atoms with Gasteiger partial charge in [-0.2, -0.15) is 0 Å². The Balaban J connectivity index is 1.52. The van der Waals surface area contributed by atoms with Gasteiger partial charge in [-0.05, 0) is 151 Å². The summed E-state index contributed by atoms with van der Waals surface area (Å²) < 4.78 is 0. The number of hydrogen-bond acceptors (Lipinski definition) is 2. The summed E-state index contributed by atoms with van der Waals surface area (Å²) in [7, 11) is -3.98. The summed E-state index contributed by atoms with van der Waals surface area (Å²) in [6, 6.07) is 21.6. The molecule has 0 saturated heterocycles. The summed E-state index contributed by atoms with van der Waals surface area (Å²) in [5.74, 6) is 8.48. The average molecular weight is 849 g/mol. The molecule has 1 atom stereocenters. The van der Waals surface area contributed by atoms with E-state index in [2.05, 4.69) is 187 Å². The van der Waals surface area contributed by atoms with E-state index in [1.165, 1.54) is 99.3 Å². The lowest BCUT2D eigenvalue weighted by Gasteiger charge is -2.38. The molecule has 0 fully saturated rings. The van der Waals surface area contributed by atoms with E-state index in [0.29, 0.717) is 39.2 Å². The van der Waals surface area contributed by atoms with E-state index in [9.17, 15) is 0 Å². The predicted molar refractivity (Wildman–Crippen MR) is 269 cm³/mol. The van der Waals surface area contributed by atoms with Crippen LogP contribution in [0.1, 0.15) is 141 Å². The summed E-state index contributed by atoms with van der Waals surface area (Å²) in [6.07, 6.45) is 9.86. The highest BCUT2D eigenvalue weighted by molar-refractivity contribution is 7.15. The van der Waals surface area contributed by atoms with E-state index in [-0.39, 0.29) is 0 Å². The maximum Gasteiger partial charge on any atom is 0.146 e. The lowest BCUT2D eigenvalue weighted by Crippen LogP contribution is -2.43. The number of unbranched alkanes of at least 4 members (excludes halogenated alkanes) is 1. The van der Waals surface area contributed by atoms with Gasteiger partial charge in [0.1, 0.15) is 16.1 Å². The number of rotatable bonds is 11. The van der Waals surface area contributed by atoms with Crippen LogP contribution >= 0.6 is 22.7 Å². The smallest absolute Gasteiger partial charge is 0.145 e. The van der Waals surface area contributed by atoms with Gasteiger partial charge in [0.25, 0.3) is 0 Å². The zero-order valence-corrected chi connectivity index (χ0v) is 42.2. The van der Waals surface area contributed by atoms with Crippen LogP contribution in [0.25, 0.3) is 38.3 Å². The van der Waals surface area contributed by atoms with Crippen molar-refractivity contribution >= 4 is 55.5 Å². The third-order valence-corrected chi connectivity index (χ3v) is 29.4. The SMILES string of the molecule is CCCCc1ccc(C2C=C3C(=CC2)c2cc4c(cc2=C3C#C[Si](C(C)C)(C(C)C)C(C)C)-c2ccc(-c3ccc(C)s3)cc2C=4C#C[Si](C(C)C)(C(C)C)C(C)C)s1. The predicted octanol–water partition coefficient (Wildman–Crippen LogP) is 15.4. The first kappa shape index (κ1) is 43.7. The van der Waals surface area contributed by atoms with Gasteiger partial charge in [-0.1, -0.05) is 133 Å². The molecule has 0 N–H and O–H groups in total. The van der Waals surface area contributed by atoms with E-state index >= 15 is 0 Å². The molecule has 0 radical (unpaired) electrons. The van der Waals surface area contributed by atoms with Crippen molar-refractivity contribution in [2.75, 3.05) is 0 Å². The molecule has 0 aliphatic heterocycles. The van der Waals surface area contributed by atoms with Crippen molar-refractivity contribution in [3.8, 4) is 44.5 Å². The molecule has 0 bridgehead atoms. The number of allylic oxidation sites excluding steroid dienone is 4. The summed E-state index contributed by atoms with van der Waals surface area (Å²) in [6.45, 7) is 33.7. The lowest BCUT2D eigenvalue weighted by atomic mass is 9.87. The second kappa shape index (κ2) is 17.2. The normalized spacial score (nSPS) is 16.0. The Bertz CT molecular complexity index is 2530. The van der Waals surface area contributed by atoms with Crippen molar-refractivity contribution in [1.29, 1.82) is 0 Å². The molecule has 308 valence electrons. The van der Waals surface area contributed by atoms with E-state index in [0.717, 1.165) is 6.42 Å². The monoisotopic (exact) mass is 848 g/mol. The molecule has 0 nitrogen and oxygen atoms in total. The van der Waals surface area contributed by atoms with Gasteiger partial charge in [0.15, 0.2) is 0 Å². The molecule has 0 spiro atoms. The van der Waals surface area contributed by atoms with E-state index in [1.54, 1.807) is 0 Å². The summed E-state index contributed by atoms with van der Waals surface area (Å²) in [5.41, 5.74) is 23.6. The van der Waals surface area contributed by atoms with Gasteiger partial charge in [0.05, 0.1) is 0 Å². The quantitative estimate of drug-likeness (QED) is 0.104. The van der Waals surface area contributed by atoms with Crippen LogP contribution in [0.15, 0.2) is 72.3 Å². The van der Waals surface area contributed by atoms with E-state index in [1.807, 2.05) is 22.7 Å². The molecule has 2 heterocycles. The summed E-state index contributed by atoms with van der Waals surface area (Å²) >= 11 is 3.91. The second-order valence-electron chi connectivity index (χ2n) is 19.6. The standard InChI is InChI=1S/C55H68S2Si2/c1-15-16-17-43-21-25-55(57-43)42-20-23-45-49(31-42)47(27-29-59(37(8)9,38(10)11)39(12)13)53-32-50-44-22-19-41(54-24-18-40(14)56-54)30-48(44)46(52(50)33-51(45)53)26-28-58(34(2)3,35(4)5)36(6)7/h18-19,21-25,30-39,42H,15-17,20H2,1-14H3. The first-order chi connectivity index (χ1) is 28.0. The first-order valence-electron chi connectivity index (χ1n) is 22.8. The molecular weight excluding hydrogens is 781 g/mol. The minimum absolute atomic E-state index is 0.378. The van der Waals surface area contributed by atoms with E-state index < -0.39 is 16.1 Å². The molecule has 1 unspecified atom stereocenters. The highest BCUT2D eigenvalue weighted by Crippen LogP contribution is 2.46. The fourth-order valence-corrected chi connectivity index (χ4v) is 23.8. The Morgan fingerprint density at radius 1 is 0.610 bits per heavy atom. The van der Waals surface area contributed by atoms with Crippen LogP contribution in [0.3, 0.4) is 0 Å². The Morgan fingerprint density at radius 3 is 1.78 bits per heavy atom. The molecule has 0 amide bonds. The van der Waals surface area contributed by atoms with Gasteiger partial charge in [-0.25, -0.2) is 0 Å². The number of hydrogen-bond donors (Lipinski definition) is 0. The van der Waals surface area contributed by atoms with Crippen LogP contribution in [0.5, 0.6) is 0 Å². The van der Waals surface area contributed by atoms with Crippen molar-refractivity contribution in [3.05, 3.63) is 109 Å². The Labute approximate surface area is 368 Å². The maximum absolute atomic E-state index is 4.19. The van der Waals surface area contributed by atoms with Gasteiger partial charge in [-0.3, -0.25) is 0 Å². The fourth-order valence-electron chi connectivity index (χ4n) is 11.4. The Kier molecular flexibility index (Phi) is 12.7. The molecule has 4 heteroatoms. The molecule has 0 saturated carbocycles. The summed E-state index contributed by atoms with van der Waals surface area (Å²) in [5, 5.41) is 2.62. The van der Waals surface area contributed by atoms with Crippen molar-refractivity contribution in [2.45, 2.75) is 162 Å². The number of fused-ring (bicyclic) bond motifs is 6. The van der Waals surface area contributed by atoms with Crippen LogP contribution in [-0.4, -0.2) is 16.1 Å². The van der Waals surface area contributed by atoms with Crippen molar-refractivity contribution in [1.82, 2.24) is 0 Å². The number of aryl methyl sites for hydroxylation is 2. The van der Waals surface area contributed by atoms with Crippen LogP contribution in [0.2, 0.25) is 33.2 Å². The molecule has 59 heavy (non-hydrogen) atoms. The van der Waals surface area contributed by atoms with Crippen LogP contribution in [0.4, 0.5) is 0 Å². The molecule has 2 aromatic heterocycles. The van der Waals surface area contributed by atoms with E-state index in [4.69, 9.17) is 0 Å². The van der Waals surface area contributed by atoms with Gasteiger partial charge in [0.2, 0.25) is 0 Å². The molecule has 4 aromatic rings. The third-order valence-electron chi connectivity index (χ3n) is 14.5. The molecule has 3 aliphatic carbocycles. The van der Waals surface area contributed by atoms with Gasteiger partial charge < -0.3 is 0 Å². The van der Waals surface area contributed by atoms with Crippen molar-refractivity contribution in [2.24, 2.45) is 0 Å². The van der Waals surface area contributed by atoms with Crippen LogP contribution in [0, 0.1) is 29.9 Å². The van der Waals surface area contributed by atoms with Crippen LogP contribution in [-0.2, 0) is 6.42 Å². The molecule has 3 aliphatic rings. The van der Waals surface area contributed by atoms with Gasteiger partial charge >= 0.3 is 0 Å². The highest BCUT2D eigenvalue weighted by Gasteiger charge is 2.43.